The Hall–Kier alpha value is -1.35. The smallest absolute Gasteiger partial charge is 0.306 e. The molecule has 104 valence electrons. The average Bonchev–Trinajstić information content (AvgIpc) is 2.23. The van der Waals surface area contributed by atoms with Gasteiger partial charge in [-0.1, -0.05) is 12.1 Å². The van der Waals surface area contributed by atoms with E-state index in [2.05, 4.69) is 44.9 Å². The Kier molecular flexibility index (Phi) is 3.95. The van der Waals surface area contributed by atoms with E-state index in [1.54, 1.807) is 0 Å². The molecule has 0 aliphatic heterocycles. The van der Waals surface area contributed by atoms with Gasteiger partial charge in [0.2, 0.25) is 0 Å². The third-order valence-electron chi connectivity index (χ3n) is 4.46. The highest BCUT2D eigenvalue weighted by Gasteiger charge is 2.36. The lowest BCUT2D eigenvalue weighted by Gasteiger charge is -2.39. The summed E-state index contributed by atoms with van der Waals surface area (Å²) in [4.78, 5) is 13.1. The first kappa shape index (κ1) is 14.1. The zero-order valence-electron chi connectivity index (χ0n) is 12.2. The zero-order valence-corrected chi connectivity index (χ0v) is 12.2. The molecule has 1 aromatic rings. The van der Waals surface area contributed by atoms with Crippen molar-refractivity contribution in [2.75, 3.05) is 7.05 Å². The summed E-state index contributed by atoms with van der Waals surface area (Å²) in [6.45, 7) is 7.34. The van der Waals surface area contributed by atoms with Crippen molar-refractivity contribution in [1.29, 1.82) is 0 Å². The first-order valence-corrected chi connectivity index (χ1v) is 6.88. The molecular formula is C16H23NO2. The van der Waals surface area contributed by atoms with E-state index in [0.717, 1.165) is 19.4 Å². The molecule has 0 aromatic heterocycles. The molecule has 1 N–H and O–H groups in total. The van der Waals surface area contributed by atoms with Gasteiger partial charge in [0.05, 0.1) is 5.92 Å². The van der Waals surface area contributed by atoms with Gasteiger partial charge in [-0.2, -0.15) is 0 Å². The van der Waals surface area contributed by atoms with Gasteiger partial charge in [0.15, 0.2) is 0 Å². The van der Waals surface area contributed by atoms with Crippen molar-refractivity contribution in [3.05, 3.63) is 34.4 Å². The summed E-state index contributed by atoms with van der Waals surface area (Å²) in [5.41, 5.74) is 5.33. The van der Waals surface area contributed by atoms with Crippen LogP contribution in [0.15, 0.2) is 12.1 Å². The molecule has 0 saturated heterocycles. The third kappa shape index (κ3) is 2.98. The second-order valence-electron chi connectivity index (χ2n) is 5.94. The first-order valence-electron chi connectivity index (χ1n) is 6.88. The summed E-state index contributed by atoms with van der Waals surface area (Å²) in [5, 5.41) is 8.92. The van der Waals surface area contributed by atoms with Crippen LogP contribution >= 0.6 is 0 Å². The van der Waals surface area contributed by atoms with Crippen LogP contribution in [0.1, 0.15) is 35.1 Å². The molecule has 0 unspecified atom stereocenters. The molecule has 1 aromatic carbocycles. The summed E-state index contributed by atoms with van der Waals surface area (Å²) in [6, 6.07) is 4.91. The fourth-order valence-corrected chi connectivity index (χ4v) is 2.74. The molecular weight excluding hydrogens is 238 g/mol. The lowest BCUT2D eigenvalue weighted by molar-refractivity contribution is -0.146. The number of aliphatic carboxylic acids is 1. The number of carboxylic acid groups (broad SMARTS) is 1. The molecule has 1 saturated carbocycles. The molecule has 0 amide bonds. The fourth-order valence-electron chi connectivity index (χ4n) is 2.74. The van der Waals surface area contributed by atoms with Crippen LogP contribution in [0.4, 0.5) is 0 Å². The Balaban J connectivity index is 1.98. The molecule has 1 aliphatic carbocycles. The monoisotopic (exact) mass is 261 g/mol. The average molecular weight is 261 g/mol. The van der Waals surface area contributed by atoms with Crippen LogP contribution < -0.4 is 0 Å². The molecule has 1 fully saturated rings. The van der Waals surface area contributed by atoms with Crippen LogP contribution in [0.2, 0.25) is 0 Å². The second kappa shape index (κ2) is 5.33. The fraction of sp³-hybridized carbons (Fsp3) is 0.562. The number of rotatable bonds is 4. The third-order valence-corrected chi connectivity index (χ3v) is 4.46. The Labute approximate surface area is 115 Å². The van der Waals surface area contributed by atoms with Gasteiger partial charge in [-0.05, 0) is 62.9 Å². The standard InChI is InChI=1S/C16H23NO2/c1-10-5-12(3)14(6-11(10)2)9-17(4)15-7-13(8-15)16(18)19/h5-6,13,15H,7-9H2,1-4H3,(H,18,19). The maximum atomic E-state index is 10.8. The minimum atomic E-state index is -0.646. The van der Waals surface area contributed by atoms with Gasteiger partial charge in [0.25, 0.3) is 0 Å². The molecule has 0 spiro atoms. The Bertz CT molecular complexity index is 490. The Morgan fingerprint density at radius 2 is 1.79 bits per heavy atom. The van der Waals surface area contributed by atoms with E-state index in [-0.39, 0.29) is 5.92 Å². The molecule has 0 radical (unpaired) electrons. The summed E-state index contributed by atoms with van der Waals surface area (Å²) in [5.74, 6) is -0.777. The van der Waals surface area contributed by atoms with Crippen molar-refractivity contribution in [2.24, 2.45) is 5.92 Å². The molecule has 3 heteroatoms. The van der Waals surface area contributed by atoms with E-state index in [1.807, 2.05) is 0 Å². The van der Waals surface area contributed by atoms with E-state index in [0.29, 0.717) is 6.04 Å². The highest BCUT2D eigenvalue weighted by molar-refractivity contribution is 5.71. The van der Waals surface area contributed by atoms with Crippen molar-refractivity contribution >= 4 is 5.97 Å². The number of hydrogen-bond acceptors (Lipinski definition) is 2. The molecule has 0 heterocycles. The van der Waals surface area contributed by atoms with Gasteiger partial charge in [0, 0.05) is 12.6 Å². The van der Waals surface area contributed by atoms with Crippen molar-refractivity contribution in [3.63, 3.8) is 0 Å². The largest absolute Gasteiger partial charge is 0.481 e. The van der Waals surface area contributed by atoms with Crippen LogP contribution in [0, 0.1) is 26.7 Å². The van der Waals surface area contributed by atoms with Gasteiger partial charge in [-0.15, -0.1) is 0 Å². The van der Waals surface area contributed by atoms with Crippen LogP contribution in [-0.2, 0) is 11.3 Å². The molecule has 19 heavy (non-hydrogen) atoms. The minimum absolute atomic E-state index is 0.131. The molecule has 0 atom stereocenters. The molecule has 1 aliphatic rings. The maximum Gasteiger partial charge on any atom is 0.306 e. The van der Waals surface area contributed by atoms with E-state index < -0.39 is 5.97 Å². The Morgan fingerprint density at radius 1 is 1.21 bits per heavy atom. The number of aryl methyl sites for hydroxylation is 3. The lowest BCUT2D eigenvalue weighted by atomic mass is 9.79. The van der Waals surface area contributed by atoms with Crippen molar-refractivity contribution in [1.82, 2.24) is 4.90 Å². The number of nitrogens with zero attached hydrogens (tertiary/aromatic N) is 1. The number of carboxylic acids is 1. The van der Waals surface area contributed by atoms with Crippen LogP contribution in [0.25, 0.3) is 0 Å². The van der Waals surface area contributed by atoms with E-state index in [4.69, 9.17) is 5.11 Å². The van der Waals surface area contributed by atoms with Gasteiger partial charge >= 0.3 is 5.97 Å². The van der Waals surface area contributed by atoms with Gasteiger partial charge in [-0.3, -0.25) is 9.69 Å². The number of hydrogen-bond donors (Lipinski definition) is 1. The quantitative estimate of drug-likeness (QED) is 0.906. The highest BCUT2D eigenvalue weighted by atomic mass is 16.4. The minimum Gasteiger partial charge on any atom is -0.481 e. The van der Waals surface area contributed by atoms with Crippen LogP contribution in [0.3, 0.4) is 0 Å². The van der Waals surface area contributed by atoms with Crippen molar-refractivity contribution in [3.8, 4) is 0 Å². The zero-order chi connectivity index (χ0) is 14.2. The molecule has 0 bridgehead atoms. The van der Waals surface area contributed by atoms with Gasteiger partial charge in [-0.25, -0.2) is 0 Å². The predicted molar refractivity (Wildman–Crippen MR) is 76.3 cm³/mol. The first-order chi connectivity index (χ1) is 8.88. The topological polar surface area (TPSA) is 40.5 Å². The van der Waals surface area contributed by atoms with Crippen molar-refractivity contribution in [2.45, 2.75) is 46.2 Å². The van der Waals surface area contributed by atoms with E-state index >= 15 is 0 Å². The predicted octanol–water partition coefficient (Wildman–Crippen LogP) is 2.91. The highest BCUT2D eigenvalue weighted by Crippen LogP contribution is 2.32. The van der Waals surface area contributed by atoms with Gasteiger partial charge in [0.1, 0.15) is 0 Å². The van der Waals surface area contributed by atoms with Gasteiger partial charge < -0.3 is 5.11 Å². The molecule has 2 rings (SSSR count). The van der Waals surface area contributed by atoms with E-state index in [1.165, 1.54) is 22.3 Å². The summed E-state index contributed by atoms with van der Waals surface area (Å²) in [6.07, 6.45) is 1.57. The number of carbonyl (C=O) groups is 1. The molecule has 3 nitrogen and oxygen atoms in total. The Morgan fingerprint density at radius 3 is 2.37 bits per heavy atom. The van der Waals surface area contributed by atoms with Crippen molar-refractivity contribution < 1.29 is 9.90 Å². The van der Waals surface area contributed by atoms with Crippen LogP contribution in [0.5, 0.6) is 0 Å². The maximum absolute atomic E-state index is 10.8. The normalized spacial score (nSPS) is 22.4. The number of benzene rings is 1. The SMILES string of the molecule is Cc1cc(C)c(CN(C)C2CC(C(=O)O)C2)cc1C. The van der Waals surface area contributed by atoms with E-state index in [9.17, 15) is 4.79 Å². The summed E-state index contributed by atoms with van der Waals surface area (Å²) >= 11 is 0. The van der Waals surface area contributed by atoms with Crippen LogP contribution in [-0.4, -0.2) is 29.1 Å². The summed E-state index contributed by atoms with van der Waals surface area (Å²) in [7, 11) is 2.09. The second-order valence-corrected chi connectivity index (χ2v) is 5.94. The lowest BCUT2D eigenvalue weighted by Crippen LogP contribution is -2.44. The summed E-state index contributed by atoms with van der Waals surface area (Å²) < 4.78 is 0.